The van der Waals surface area contributed by atoms with Crippen LogP contribution in [0.15, 0.2) is 36.4 Å². The van der Waals surface area contributed by atoms with Crippen molar-refractivity contribution in [2.24, 2.45) is 17.8 Å². The molecule has 1 aromatic rings. The zero-order valence-electron chi connectivity index (χ0n) is 10.9. The third-order valence-electron chi connectivity index (χ3n) is 4.14. The number of carbonyl (C=O) groups is 1. The zero-order valence-corrected chi connectivity index (χ0v) is 10.9. The molecule has 3 atom stereocenters. The molecule has 2 bridgehead atoms. The van der Waals surface area contributed by atoms with Gasteiger partial charge in [-0.15, -0.1) is 0 Å². The lowest BCUT2D eigenvalue weighted by molar-refractivity contribution is -0.385. The number of para-hydroxylation sites is 1. The molecule has 3 unspecified atom stereocenters. The number of nitro benzene ring substituents is 1. The van der Waals surface area contributed by atoms with Crippen molar-refractivity contribution < 1.29 is 14.5 Å². The van der Waals surface area contributed by atoms with Crippen LogP contribution in [0, 0.1) is 27.9 Å². The highest BCUT2D eigenvalue weighted by Crippen LogP contribution is 2.44. The van der Waals surface area contributed by atoms with Gasteiger partial charge in [0.05, 0.1) is 16.4 Å². The van der Waals surface area contributed by atoms with Crippen molar-refractivity contribution in [3.63, 3.8) is 0 Å². The lowest BCUT2D eigenvalue weighted by Gasteiger charge is -2.16. The van der Waals surface area contributed by atoms with Crippen LogP contribution in [0.5, 0.6) is 0 Å². The molecule has 1 aromatic carbocycles. The first-order valence-corrected chi connectivity index (χ1v) is 6.72. The molecule has 0 heterocycles. The third-order valence-corrected chi connectivity index (χ3v) is 4.14. The first-order chi connectivity index (χ1) is 9.65. The molecule has 1 fully saturated rings. The van der Waals surface area contributed by atoms with Gasteiger partial charge in [0.15, 0.2) is 0 Å². The summed E-state index contributed by atoms with van der Waals surface area (Å²) in [6.07, 6.45) is 6.13. The van der Waals surface area contributed by atoms with Gasteiger partial charge in [0.25, 0.3) is 5.69 Å². The van der Waals surface area contributed by atoms with Gasteiger partial charge in [-0.1, -0.05) is 24.3 Å². The van der Waals surface area contributed by atoms with Crippen LogP contribution in [-0.4, -0.2) is 10.9 Å². The second-order valence-corrected chi connectivity index (χ2v) is 5.38. The summed E-state index contributed by atoms with van der Waals surface area (Å²) in [6, 6.07) is 6.34. The van der Waals surface area contributed by atoms with Crippen molar-refractivity contribution in [1.29, 1.82) is 0 Å². The summed E-state index contributed by atoms with van der Waals surface area (Å²) in [5.74, 6) is 0.481. The minimum absolute atomic E-state index is 0.00635. The monoisotopic (exact) mass is 273 g/mol. The normalized spacial score (nSPS) is 26.7. The van der Waals surface area contributed by atoms with Gasteiger partial charge < -0.3 is 4.74 Å². The van der Waals surface area contributed by atoms with E-state index in [2.05, 4.69) is 12.2 Å². The van der Waals surface area contributed by atoms with Crippen molar-refractivity contribution in [1.82, 2.24) is 0 Å². The SMILES string of the molecule is O=C(OCc1ccccc1[N+](=O)[O-])C1CC2C=CC1C2. The van der Waals surface area contributed by atoms with Crippen LogP contribution in [0.1, 0.15) is 18.4 Å². The fraction of sp³-hybridized carbons (Fsp3) is 0.400. The van der Waals surface area contributed by atoms with Gasteiger partial charge >= 0.3 is 5.97 Å². The molecule has 3 rings (SSSR count). The Kier molecular flexibility index (Phi) is 3.26. The fourth-order valence-corrected chi connectivity index (χ4v) is 3.12. The highest BCUT2D eigenvalue weighted by atomic mass is 16.6. The highest BCUT2D eigenvalue weighted by Gasteiger charge is 2.40. The summed E-state index contributed by atoms with van der Waals surface area (Å²) in [7, 11) is 0. The van der Waals surface area contributed by atoms with Gasteiger partial charge in [0.2, 0.25) is 0 Å². The molecule has 0 radical (unpaired) electrons. The maximum atomic E-state index is 12.1. The van der Waals surface area contributed by atoms with Gasteiger partial charge in [-0.25, -0.2) is 0 Å². The second kappa shape index (κ2) is 5.07. The number of hydrogen-bond acceptors (Lipinski definition) is 4. The fourth-order valence-electron chi connectivity index (χ4n) is 3.12. The largest absolute Gasteiger partial charge is 0.460 e. The molecule has 104 valence electrons. The Bertz CT molecular complexity index is 581. The number of allylic oxidation sites excluding steroid dienone is 2. The summed E-state index contributed by atoms with van der Waals surface area (Å²) in [6.45, 7) is -0.0341. The number of fused-ring (bicyclic) bond motifs is 2. The lowest BCUT2D eigenvalue weighted by atomic mass is 9.94. The minimum Gasteiger partial charge on any atom is -0.460 e. The van der Waals surface area contributed by atoms with Crippen molar-refractivity contribution in [2.45, 2.75) is 19.4 Å². The average molecular weight is 273 g/mol. The smallest absolute Gasteiger partial charge is 0.309 e. The number of hydrogen-bond donors (Lipinski definition) is 0. The molecule has 1 saturated carbocycles. The predicted octanol–water partition coefficient (Wildman–Crippen LogP) is 2.85. The number of carbonyl (C=O) groups excluding carboxylic acids is 1. The van der Waals surface area contributed by atoms with Crippen LogP contribution < -0.4 is 0 Å². The van der Waals surface area contributed by atoms with E-state index >= 15 is 0 Å². The molecule has 5 heteroatoms. The number of ether oxygens (including phenoxy) is 1. The number of rotatable bonds is 4. The van der Waals surface area contributed by atoms with E-state index in [1.165, 1.54) is 6.07 Å². The summed E-state index contributed by atoms with van der Waals surface area (Å²) in [5.41, 5.74) is 0.428. The van der Waals surface area contributed by atoms with Crippen molar-refractivity contribution in [3.8, 4) is 0 Å². The standard InChI is InChI=1S/C15H15NO4/c17-15(13-8-10-5-6-11(13)7-10)20-9-12-3-1-2-4-14(12)16(18)19/h1-6,10-11,13H,7-9H2. The van der Waals surface area contributed by atoms with Gasteiger partial charge in [-0.05, 0) is 30.7 Å². The molecule has 2 aliphatic rings. The highest BCUT2D eigenvalue weighted by molar-refractivity contribution is 5.74. The number of esters is 1. The summed E-state index contributed by atoms with van der Waals surface area (Å²) < 4.78 is 5.28. The van der Waals surface area contributed by atoms with Gasteiger partial charge in [0, 0.05) is 6.07 Å². The average Bonchev–Trinajstić information content (AvgIpc) is 3.07. The van der Waals surface area contributed by atoms with Crippen LogP contribution in [0.3, 0.4) is 0 Å². The van der Waals surface area contributed by atoms with Gasteiger partial charge in [-0.2, -0.15) is 0 Å². The molecule has 0 aromatic heterocycles. The quantitative estimate of drug-likeness (QED) is 0.366. The van der Waals surface area contributed by atoms with Crippen LogP contribution in [0.25, 0.3) is 0 Å². The summed E-state index contributed by atoms with van der Waals surface area (Å²) in [5, 5.41) is 10.9. The third kappa shape index (κ3) is 2.31. The van der Waals surface area contributed by atoms with E-state index in [1.807, 2.05) is 0 Å². The Morgan fingerprint density at radius 1 is 1.30 bits per heavy atom. The molecule has 5 nitrogen and oxygen atoms in total. The van der Waals surface area contributed by atoms with Crippen LogP contribution in [-0.2, 0) is 16.1 Å². The van der Waals surface area contributed by atoms with Crippen LogP contribution in [0.2, 0.25) is 0 Å². The molecular weight excluding hydrogens is 258 g/mol. The van der Waals surface area contributed by atoms with Crippen LogP contribution >= 0.6 is 0 Å². The molecule has 20 heavy (non-hydrogen) atoms. The first kappa shape index (κ1) is 12.8. The van der Waals surface area contributed by atoms with E-state index < -0.39 is 4.92 Å². The minimum atomic E-state index is -0.455. The maximum Gasteiger partial charge on any atom is 0.309 e. The molecule has 0 saturated heterocycles. The second-order valence-electron chi connectivity index (χ2n) is 5.38. The zero-order chi connectivity index (χ0) is 14.1. The Labute approximate surface area is 116 Å². The molecule has 0 N–H and O–H groups in total. The van der Waals surface area contributed by atoms with Gasteiger partial charge in [-0.3, -0.25) is 14.9 Å². The Hall–Kier alpha value is -2.17. The van der Waals surface area contributed by atoms with Crippen LogP contribution in [0.4, 0.5) is 5.69 Å². The molecule has 2 aliphatic carbocycles. The molecular formula is C15H15NO4. The Balaban J connectivity index is 1.64. The van der Waals surface area contributed by atoms with E-state index in [0.717, 1.165) is 12.8 Å². The Morgan fingerprint density at radius 2 is 2.10 bits per heavy atom. The molecule has 0 amide bonds. The molecule has 0 spiro atoms. The number of nitro groups is 1. The Morgan fingerprint density at radius 3 is 2.75 bits per heavy atom. The van der Waals surface area contributed by atoms with E-state index in [1.54, 1.807) is 18.2 Å². The van der Waals surface area contributed by atoms with E-state index in [-0.39, 0.29) is 24.2 Å². The van der Waals surface area contributed by atoms with Crippen molar-refractivity contribution >= 4 is 11.7 Å². The van der Waals surface area contributed by atoms with Gasteiger partial charge in [0.1, 0.15) is 6.61 Å². The van der Waals surface area contributed by atoms with Crippen molar-refractivity contribution in [3.05, 3.63) is 52.1 Å². The maximum absolute atomic E-state index is 12.1. The number of benzene rings is 1. The van der Waals surface area contributed by atoms with E-state index in [9.17, 15) is 14.9 Å². The van der Waals surface area contributed by atoms with Crippen molar-refractivity contribution in [2.75, 3.05) is 0 Å². The lowest BCUT2D eigenvalue weighted by Crippen LogP contribution is -2.21. The van der Waals surface area contributed by atoms with E-state index in [4.69, 9.17) is 4.74 Å². The first-order valence-electron chi connectivity index (χ1n) is 6.72. The number of nitrogens with zero attached hydrogens (tertiary/aromatic N) is 1. The summed E-state index contributed by atoms with van der Waals surface area (Å²) in [4.78, 5) is 22.5. The van der Waals surface area contributed by atoms with E-state index in [0.29, 0.717) is 17.4 Å². The summed E-state index contributed by atoms with van der Waals surface area (Å²) >= 11 is 0. The predicted molar refractivity (Wildman–Crippen MR) is 71.7 cm³/mol. The molecule has 0 aliphatic heterocycles. The topological polar surface area (TPSA) is 69.4 Å².